The number of ether oxygens (including phenoxy) is 3. The molecule has 6 N–H and O–H groups in total. The van der Waals surface area contributed by atoms with Crippen molar-refractivity contribution in [2.45, 2.75) is 87.0 Å². The van der Waals surface area contributed by atoms with E-state index in [1.807, 2.05) is 30.3 Å². The van der Waals surface area contributed by atoms with Gasteiger partial charge in [0.05, 0.1) is 49.0 Å². The maximum absolute atomic E-state index is 13.0. The van der Waals surface area contributed by atoms with Gasteiger partial charge in [-0.05, 0) is 33.0 Å². The third kappa shape index (κ3) is 5.08. The number of nitrogens with zero attached hydrogens (tertiary/aromatic N) is 3. The van der Waals surface area contributed by atoms with Crippen LogP contribution >= 0.6 is 0 Å². The van der Waals surface area contributed by atoms with Gasteiger partial charge in [0.2, 0.25) is 18.0 Å². The first-order valence-electron chi connectivity index (χ1n) is 12.9. The van der Waals surface area contributed by atoms with Crippen LogP contribution in [0, 0.1) is 0 Å². The second-order valence-electron chi connectivity index (χ2n) is 10.2. The Kier molecular flexibility index (Phi) is 7.80. The highest BCUT2D eigenvalue weighted by atomic mass is 16.8. The Hall–Kier alpha value is -2.49. The summed E-state index contributed by atoms with van der Waals surface area (Å²) in [5, 5.41) is 50.4. The van der Waals surface area contributed by atoms with E-state index in [9.17, 15) is 20.1 Å². The van der Waals surface area contributed by atoms with Gasteiger partial charge in [0.15, 0.2) is 0 Å². The first-order chi connectivity index (χ1) is 18.2. The van der Waals surface area contributed by atoms with Crippen LogP contribution in [0.3, 0.4) is 0 Å². The lowest BCUT2D eigenvalue weighted by Gasteiger charge is -2.58. The number of benzene rings is 1. The number of amides is 1. The van der Waals surface area contributed by atoms with E-state index in [0.717, 1.165) is 5.56 Å². The number of hydrogen-bond acceptors (Lipinski definition) is 11. The van der Waals surface area contributed by atoms with Gasteiger partial charge < -0.3 is 45.5 Å². The molecule has 13 heteroatoms. The molecule has 3 aliphatic rings. The number of fused-ring (bicyclic) bond motifs is 2. The molecule has 3 fully saturated rings. The number of rotatable bonds is 7. The molecule has 5 rings (SSSR count). The lowest BCUT2D eigenvalue weighted by molar-refractivity contribution is -0.449. The molecule has 2 aliphatic heterocycles. The molecule has 1 saturated carbocycles. The van der Waals surface area contributed by atoms with Gasteiger partial charge in [-0.1, -0.05) is 35.5 Å². The summed E-state index contributed by atoms with van der Waals surface area (Å²) in [5.74, 6) is -2.42. The quantitative estimate of drug-likeness (QED) is 0.230. The summed E-state index contributed by atoms with van der Waals surface area (Å²) in [6.07, 6.45) is -3.66. The zero-order chi connectivity index (χ0) is 27.0. The van der Waals surface area contributed by atoms with Crippen LogP contribution in [-0.2, 0) is 32.0 Å². The number of aliphatic hydroxyl groups excluding tert-OH is 2. The molecule has 0 bridgehead atoms. The van der Waals surface area contributed by atoms with E-state index >= 15 is 0 Å². The summed E-state index contributed by atoms with van der Waals surface area (Å²) in [6.45, 7) is 2.33. The van der Waals surface area contributed by atoms with Crippen molar-refractivity contribution in [1.82, 2.24) is 30.9 Å². The van der Waals surface area contributed by atoms with Gasteiger partial charge in [-0.25, -0.2) is 4.68 Å². The monoisotopic (exact) mass is 532 g/mol. The van der Waals surface area contributed by atoms with Crippen LogP contribution < -0.4 is 16.0 Å². The fourth-order valence-corrected chi connectivity index (χ4v) is 5.69. The summed E-state index contributed by atoms with van der Waals surface area (Å²) in [5.41, 5.74) is 1.54. The molecular weight excluding hydrogens is 496 g/mol. The third-order valence-electron chi connectivity index (χ3n) is 7.60. The van der Waals surface area contributed by atoms with Crippen molar-refractivity contribution in [3.63, 3.8) is 0 Å². The molecule has 10 atom stereocenters. The number of carbonyl (C=O) groups is 1. The lowest BCUT2D eigenvalue weighted by atomic mass is 9.79. The molecule has 1 aliphatic carbocycles. The van der Waals surface area contributed by atoms with Crippen LogP contribution in [-0.4, -0.2) is 111 Å². The first-order valence-corrected chi connectivity index (χ1v) is 12.9. The Labute approximate surface area is 220 Å². The lowest BCUT2D eigenvalue weighted by Crippen LogP contribution is -2.79. The van der Waals surface area contributed by atoms with E-state index in [1.165, 1.54) is 0 Å². The third-order valence-corrected chi connectivity index (χ3v) is 7.60. The molecule has 3 heterocycles. The van der Waals surface area contributed by atoms with Crippen molar-refractivity contribution in [2.24, 2.45) is 0 Å². The molecule has 2 saturated heterocycles. The van der Waals surface area contributed by atoms with Gasteiger partial charge in [0.25, 0.3) is 0 Å². The molecule has 13 nitrogen and oxygen atoms in total. The van der Waals surface area contributed by atoms with E-state index in [2.05, 4.69) is 26.3 Å². The Balaban J connectivity index is 1.29. The van der Waals surface area contributed by atoms with Crippen LogP contribution in [0.2, 0.25) is 0 Å². The standard InChI is InChI=1S/C25H36N6O7/c1-13-9-16(28-17(32)10-15-12-31(30-29-15)11-14-7-5-4-6-8-14)25(35)24(36-13)37-23-21(34)18(26-2)20(33)19(27-3)22(23)38-25/h4-8,12-13,16,18-24,26-27,33-35H,9-11H2,1-3H3,(H,28,32)/t13-,16-,18-,19+,20+,21-,22?,23?,24?,25+/m1/s1. The van der Waals surface area contributed by atoms with Gasteiger partial charge >= 0.3 is 0 Å². The van der Waals surface area contributed by atoms with Crippen molar-refractivity contribution in [3.8, 4) is 0 Å². The number of likely N-dealkylation sites (N-methyl/N-ethyl adjacent to an activating group) is 2. The molecule has 1 aromatic carbocycles. The Morgan fingerprint density at radius 3 is 2.55 bits per heavy atom. The average molecular weight is 533 g/mol. The average Bonchev–Trinajstić information content (AvgIpc) is 3.31. The number of nitrogens with one attached hydrogen (secondary N) is 3. The molecule has 0 spiro atoms. The maximum atomic E-state index is 13.0. The van der Waals surface area contributed by atoms with Crippen molar-refractivity contribution < 1.29 is 34.3 Å². The van der Waals surface area contributed by atoms with E-state index < -0.39 is 54.6 Å². The number of aromatic nitrogens is 3. The summed E-state index contributed by atoms with van der Waals surface area (Å²) in [4.78, 5) is 13.0. The predicted octanol–water partition coefficient (Wildman–Crippen LogP) is -2.13. The van der Waals surface area contributed by atoms with Gasteiger partial charge in [-0.2, -0.15) is 0 Å². The molecule has 1 amide bonds. The Bertz CT molecular complexity index is 1100. The minimum absolute atomic E-state index is 0.0470. The molecule has 2 aromatic rings. The van der Waals surface area contributed by atoms with Crippen molar-refractivity contribution in [3.05, 3.63) is 47.8 Å². The Morgan fingerprint density at radius 2 is 1.84 bits per heavy atom. The molecule has 38 heavy (non-hydrogen) atoms. The van der Waals surface area contributed by atoms with Crippen LogP contribution in [0.1, 0.15) is 24.6 Å². The summed E-state index contributed by atoms with van der Waals surface area (Å²) in [6, 6.07) is 7.56. The highest BCUT2D eigenvalue weighted by Gasteiger charge is 2.63. The first kappa shape index (κ1) is 27.1. The van der Waals surface area contributed by atoms with Crippen LogP contribution in [0.5, 0.6) is 0 Å². The summed E-state index contributed by atoms with van der Waals surface area (Å²) >= 11 is 0. The second kappa shape index (κ2) is 10.9. The van der Waals surface area contributed by atoms with Crippen molar-refractivity contribution in [1.29, 1.82) is 0 Å². The normalized spacial score (nSPS) is 38.7. The van der Waals surface area contributed by atoms with E-state index in [1.54, 1.807) is 31.9 Å². The van der Waals surface area contributed by atoms with Gasteiger partial charge in [-0.3, -0.25) is 4.79 Å². The van der Waals surface area contributed by atoms with Crippen LogP contribution in [0.4, 0.5) is 0 Å². The minimum Gasteiger partial charge on any atom is -0.390 e. The highest BCUT2D eigenvalue weighted by Crippen LogP contribution is 2.42. The number of carbonyl (C=O) groups excluding carboxylic acids is 1. The maximum Gasteiger partial charge on any atom is 0.239 e. The minimum atomic E-state index is -2.05. The van der Waals surface area contributed by atoms with Gasteiger partial charge in [0, 0.05) is 6.20 Å². The van der Waals surface area contributed by atoms with E-state index in [0.29, 0.717) is 12.2 Å². The zero-order valence-corrected chi connectivity index (χ0v) is 21.6. The van der Waals surface area contributed by atoms with Crippen LogP contribution in [0.25, 0.3) is 0 Å². The van der Waals surface area contributed by atoms with Crippen molar-refractivity contribution in [2.75, 3.05) is 14.1 Å². The molecular formula is C25H36N6O7. The topological polar surface area (TPSA) is 172 Å². The molecule has 3 unspecified atom stereocenters. The molecule has 0 radical (unpaired) electrons. The largest absolute Gasteiger partial charge is 0.390 e. The summed E-state index contributed by atoms with van der Waals surface area (Å²) in [7, 11) is 3.29. The van der Waals surface area contributed by atoms with Crippen LogP contribution in [0.15, 0.2) is 36.5 Å². The van der Waals surface area contributed by atoms with Gasteiger partial charge in [-0.15, -0.1) is 5.10 Å². The highest BCUT2D eigenvalue weighted by molar-refractivity contribution is 5.78. The number of aliphatic hydroxyl groups is 3. The van der Waals surface area contributed by atoms with E-state index in [-0.39, 0.29) is 24.9 Å². The fraction of sp³-hybridized carbons (Fsp3) is 0.640. The number of hydrogen-bond donors (Lipinski definition) is 6. The second-order valence-corrected chi connectivity index (χ2v) is 10.2. The zero-order valence-electron chi connectivity index (χ0n) is 21.6. The Morgan fingerprint density at radius 1 is 1.11 bits per heavy atom. The van der Waals surface area contributed by atoms with E-state index in [4.69, 9.17) is 14.2 Å². The van der Waals surface area contributed by atoms with Crippen molar-refractivity contribution >= 4 is 5.91 Å². The SMILES string of the molecule is CN[C@@H]1[C@H](O)[C@H](NC)C2O[C@]3(O)C(OC2[C@@H]1O)O[C@H](C)C[C@H]3NC(=O)Cc1cn(Cc2ccccc2)nn1. The smallest absolute Gasteiger partial charge is 0.239 e. The summed E-state index contributed by atoms with van der Waals surface area (Å²) < 4.78 is 19.7. The molecule has 1 aromatic heterocycles. The predicted molar refractivity (Wildman–Crippen MR) is 133 cm³/mol. The fourth-order valence-electron chi connectivity index (χ4n) is 5.69. The van der Waals surface area contributed by atoms with Gasteiger partial charge in [0.1, 0.15) is 18.3 Å². The molecule has 208 valence electrons.